The van der Waals surface area contributed by atoms with Crippen molar-refractivity contribution in [3.8, 4) is 0 Å². The lowest BCUT2D eigenvalue weighted by Gasteiger charge is -2.54. The number of nitrogens with zero attached hydrogens (tertiary/aromatic N) is 2. The number of benzene rings is 1. The van der Waals surface area contributed by atoms with Crippen molar-refractivity contribution in [1.29, 1.82) is 0 Å². The third-order valence-corrected chi connectivity index (χ3v) is 5.90. The second-order valence-electron chi connectivity index (χ2n) is 6.77. The van der Waals surface area contributed by atoms with Gasteiger partial charge in [-0.05, 0) is 26.0 Å². The number of likely N-dealkylation sites (N-methyl/N-ethyl adjacent to an activating group) is 1. The first-order chi connectivity index (χ1) is 10.9. The van der Waals surface area contributed by atoms with Crippen LogP contribution in [-0.2, 0) is 14.4 Å². The third-order valence-electron chi connectivity index (χ3n) is 5.90. The molecule has 4 aliphatic rings. The summed E-state index contributed by atoms with van der Waals surface area (Å²) in [6.07, 6.45) is 1.88. The fourth-order valence-electron chi connectivity index (χ4n) is 4.41. The van der Waals surface area contributed by atoms with Crippen molar-refractivity contribution >= 4 is 23.4 Å². The van der Waals surface area contributed by atoms with Crippen LogP contribution >= 0.6 is 0 Å². The van der Waals surface area contributed by atoms with Crippen LogP contribution in [0, 0.1) is 17.8 Å². The number of hydrogen-bond acceptors (Lipinski definition) is 3. The van der Waals surface area contributed by atoms with Crippen molar-refractivity contribution < 1.29 is 14.4 Å². The lowest BCUT2D eigenvalue weighted by atomic mass is 9.60. The highest BCUT2D eigenvalue weighted by Crippen LogP contribution is 2.54. The van der Waals surface area contributed by atoms with Gasteiger partial charge < -0.3 is 4.90 Å². The first-order valence-corrected chi connectivity index (χ1v) is 7.78. The third kappa shape index (κ3) is 1.49. The van der Waals surface area contributed by atoms with Crippen molar-refractivity contribution in [2.45, 2.75) is 19.4 Å². The van der Waals surface area contributed by atoms with Gasteiger partial charge in [-0.25, -0.2) is 4.90 Å². The molecule has 23 heavy (non-hydrogen) atoms. The van der Waals surface area contributed by atoms with Gasteiger partial charge in [0.15, 0.2) is 0 Å². The number of carbonyl (C=O) groups excluding carboxylic acids is 3. The van der Waals surface area contributed by atoms with Gasteiger partial charge in [-0.15, -0.1) is 0 Å². The molecule has 0 aromatic heterocycles. The largest absolute Gasteiger partial charge is 0.335 e. The zero-order valence-corrected chi connectivity index (χ0v) is 13.3. The molecular formula is C18H18N2O3. The smallest absolute Gasteiger partial charge is 0.240 e. The zero-order valence-electron chi connectivity index (χ0n) is 13.3. The standard InChI is InChI=1S/C18H18N2O3/c1-10-9-12-13-14(18(10,2)19(3)15(12)21)17(23)20(16(13)22)11-7-5-4-6-8-11/h4-9,12-14H,1-3H3/t12-,13-,14+,18+/m1/s1. The molecule has 2 bridgehead atoms. The maximum atomic E-state index is 13.1. The summed E-state index contributed by atoms with van der Waals surface area (Å²) in [5.41, 5.74) is 0.835. The van der Waals surface area contributed by atoms with E-state index in [1.54, 1.807) is 36.2 Å². The van der Waals surface area contributed by atoms with Crippen LogP contribution in [0.1, 0.15) is 13.8 Å². The Morgan fingerprint density at radius 3 is 2.30 bits per heavy atom. The van der Waals surface area contributed by atoms with E-state index in [4.69, 9.17) is 0 Å². The molecule has 1 aromatic carbocycles. The number of para-hydroxylation sites is 1. The molecule has 4 atom stereocenters. The molecule has 3 aliphatic heterocycles. The van der Waals surface area contributed by atoms with Crippen LogP contribution in [0.3, 0.4) is 0 Å². The SMILES string of the molecule is CC1=C[C@H]2C(=O)N(C)[C@]1(C)[C@@H]1C(=O)N(c3ccccc3)C(=O)[C@@H]12. The molecule has 0 spiro atoms. The lowest BCUT2D eigenvalue weighted by Crippen LogP contribution is -2.66. The van der Waals surface area contributed by atoms with Crippen LogP contribution in [0.2, 0.25) is 0 Å². The number of rotatable bonds is 1. The normalized spacial score (nSPS) is 35.7. The van der Waals surface area contributed by atoms with Crippen molar-refractivity contribution in [1.82, 2.24) is 4.90 Å². The molecule has 0 saturated carbocycles. The van der Waals surface area contributed by atoms with Gasteiger partial charge in [0, 0.05) is 7.05 Å². The lowest BCUT2D eigenvalue weighted by molar-refractivity contribution is -0.156. The Hall–Kier alpha value is -2.43. The topological polar surface area (TPSA) is 57.7 Å². The van der Waals surface area contributed by atoms with Gasteiger partial charge in [0.1, 0.15) is 0 Å². The van der Waals surface area contributed by atoms with Crippen molar-refractivity contribution in [2.75, 3.05) is 11.9 Å². The van der Waals surface area contributed by atoms with Crippen LogP contribution in [0.25, 0.3) is 0 Å². The maximum Gasteiger partial charge on any atom is 0.240 e. The molecule has 2 saturated heterocycles. The summed E-state index contributed by atoms with van der Waals surface area (Å²) >= 11 is 0. The molecule has 3 amide bonds. The summed E-state index contributed by atoms with van der Waals surface area (Å²) in [5.74, 6) is -2.15. The highest BCUT2D eigenvalue weighted by Gasteiger charge is 2.67. The van der Waals surface area contributed by atoms with Crippen LogP contribution < -0.4 is 4.90 Å². The monoisotopic (exact) mass is 310 g/mol. The molecule has 5 rings (SSSR count). The van der Waals surface area contributed by atoms with Gasteiger partial charge in [0.25, 0.3) is 0 Å². The Morgan fingerprint density at radius 1 is 1.00 bits per heavy atom. The van der Waals surface area contributed by atoms with Gasteiger partial charge in [0.05, 0.1) is 29.0 Å². The van der Waals surface area contributed by atoms with E-state index in [2.05, 4.69) is 0 Å². The molecular weight excluding hydrogens is 292 g/mol. The van der Waals surface area contributed by atoms with Gasteiger partial charge in [0.2, 0.25) is 17.7 Å². The van der Waals surface area contributed by atoms with E-state index in [-0.39, 0.29) is 17.7 Å². The first kappa shape index (κ1) is 14.2. The van der Waals surface area contributed by atoms with Gasteiger partial charge in [-0.2, -0.15) is 0 Å². The van der Waals surface area contributed by atoms with Gasteiger partial charge >= 0.3 is 0 Å². The molecule has 5 nitrogen and oxygen atoms in total. The Labute approximate surface area is 134 Å². The number of piperidine rings is 1. The predicted molar refractivity (Wildman–Crippen MR) is 84.3 cm³/mol. The summed E-state index contributed by atoms with van der Waals surface area (Å²) < 4.78 is 0. The summed E-state index contributed by atoms with van der Waals surface area (Å²) in [6, 6.07) is 8.95. The number of anilines is 1. The van der Waals surface area contributed by atoms with Crippen LogP contribution in [0.4, 0.5) is 5.69 Å². The van der Waals surface area contributed by atoms with Crippen molar-refractivity contribution in [3.05, 3.63) is 42.0 Å². The fourth-order valence-corrected chi connectivity index (χ4v) is 4.41. The van der Waals surface area contributed by atoms with E-state index in [1.165, 1.54) is 4.90 Å². The summed E-state index contributed by atoms with van der Waals surface area (Å²) in [7, 11) is 1.73. The first-order valence-electron chi connectivity index (χ1n) is 7.78. The van der Waals surface area contributed by atoms with Crippen LogP contribution in [0.5, 0.6) is 0 Å². The zero-order chi connectivity index (χ0) is 16.5. The van der Waals surface area contributed by atoms with E-state index in [1.807, 2.05) is 26.0 Å². The van der Waals surface area contributed by atoms with Crippen molar-refractivity contribution in [3.63, 3.8) is 0 Å². The molecule has 1 aromatic rings. The van der Waals surface area contributed by atoms with Gasteiger partial charge in [-0.3, -0.25) is 14.4 Å². The maximum absolute atomic E-state index is 13.1. The highest BCUT2D eigenvalue weighted by atomic mass is 16.2. The second-order valence-corrected chi connectivity index (χ2v) is 6.77. The van der Waals surface area contributed by atoms with E-state index in [9.17, 15) is 14.4 Å². The molecule has 118 valence electrons. The Morgan fingerprint density at radius 2 is 1.65 bits per heavy atom. The molecule has 3 heterocycles. The quantitative estimate of drug-likeness (QED) is 0.585. The van der Waals surface area contributed by atoms with E-state index < -0.39 is 23.3 Å². The minimum absolute atomic E-state index is 0.0737. The second kappa shape index (κ2) is 4.31. The number of amides is 3. The molecule has 0 N–H and O–H groups in total. The van der Waals surface area contributed by atoms with E-state index >= 15 is 0 Å². The van der Waals surface area contributed by atoms with E-state index in [0.29, 0.717) is 5.69 Å². The number of imide groups is 1. The minimum atomic E-state index is -0.729. The van der Waals surface area contributed by atoms with Crippen LogP contribution in [0.15, 0.2) is 42.0 Å². The number of hydrogen-bond donors (Lipinski definition) is 0. The van der Waals surface area contributed by atoms with Crippen LogP contribution in [-0.4, -0.2) is 35.2 Å². The summed E-state index contributed by atoms with van der Waals surface area (Å²) in [5, 5.41) is 0. The Balaban J connectivity index is 1.88. The number of carbonyl (C=O) groups is 3. The average Bonchev–Trinajstić information content (AvgIpc) is 2.81. The highest BCUT2D eigenvalue weighted by molar-refractivity contribution is 6.24. The molecule has 5 heteroatoms. The molecule has 0 radical (unpaired) electrons. The van der Waals surface area contributed by atoms with Crippen molar-refractivity contribution in [2.24, 2.45) is 17.8 Å². The minimum Gasteiger partial charge on any atom is -0.335 e. The fraction of sp³-hybridized carbons (Fsp3) is 0.389. The Bertz CT molecular complexity index is 770. The molecule has 2 fully saturated rings. The molecule has 0 unspecified atom stereocenters. The van der Waals surface area contributed by atoms with Gasteiger partial charge in [-0.1, -0.05) is 29.8 Å². The predicted octanol–water partition coefficient (Wildman–Crippen LogP) is 1.60. The van der Waals surface area contributed by atoms with E-state index in [0.717, 1.165) is 5.57 Å². The number of fused-ring (bicyclic) bond motifs is 1. The summed E-state index contributed by atoms with van der Waals surface area (Å²) in [6.45, 7) is 3.83. The molecule has 1 aliphatic carbocycles. The average molecular weight is 310 g/mol. The summed E-state index contributed by atoms with van der Waals surface area (Å²) in [4.78, 5) is 41.5. The Kier molecular flexibility index (Phi) is 2.66.